The second-order valence-corrected chi connectivity index (χ2v) is 5.50. The fourth-order valence-electron chi connectivity index (χ4n) is 1.72. The Hall–Kier alpha value is -1.82. The number of nitrogens with one attached hydrogen (secondary N) is 1. The Kier molecular flexibility index (Phi) is 6.21. The molecule has 1 aromatic heterocycles. The molecule has 0 saturated heterocycles. The van der Waals surface area contributed by atoms with E-state index in [2.05, 4.69) is 10.3 Å². The van der Waals surface area contributed by atoms with Gasteiger partial charge in [-0.3, -0.25) is 4.79 Å². The average Bonchev–Trinajstić information content (AvgIpc) is 2.51. The summed E-state index contributed by atoms with van der Waals surface area (Å²) in [7, 11) is 0. The van der Waals surface area contributed by atoms with Crippen LogP contribution in [0.25, 0.3) is 0 Å². The molecule has 23 heavy (non-hydrogen) atoms. The van der Waals surface area contributed by atoms with Crippen molar-refractivity contribution in [3.63, 3.8) is 0 Å². The van der Waals surface area contributed by atoms with Crippen LogP contribution < -0.4 is 5.32 Å². The lowest BCUT2D eigenvalue weighted by atomic mass is 10.2. The van der Waals surface area contributed by atoms with Crippen LogP contribution in [0.3, 0.4) is 0 Å². The summed E-state index contributed by atoms with van der Waals surface area (Å²) in [5.41, 5.74) is 0.340. The first-order valence-electron chi connectivity index (χ1n) is 6.50. The zero-order valence-electron chi connectivity index (χ0n) is 11.7. The van der Waals surface area contributed by atoms with Crippen molar-refractivity contribution in [3.05, 3.63) is 62.9 Å². The van der Waals surface area contributed by atoms with Crippen molar-refractivity contribution in [2.75, 3.05) is 13.2 Å². The minimum Gasteiger partial charge on any atom is -0.460 e. The zero-order chi connectivity index (χ0) is 16.8. The first-order valence-corrected chi connectivity index (χ1v) is 7.64. The normalized spacial score (nSPS) is 10.2. The van der Waals surface area contributed by atoms with Crippen LogP contribution in [0.1, 0.15) is 20.7 Å². The molecule has 2 aromatic rings. The van der Waals surface area contributed by atoms with E-state index in [9.17, 15) is 9.59 Å². The third kappa shape index (κ3) is 4.58. The molecule has 1 aromatic carbocycles. The fraction of sp³-hybridized carbons (Fsp3) is 0.133. The largest absolute Gasteiger partial charge is 0.460 e. The van der Waals surface area contributed by atoms with Gasteiger partial charge in [-0.05, 0) is 24.3 Å². The van der Waals surface area contributed by atoms with Crippen LogP contribution in [-0.4, -0.2) is 30.0 Å². The molecule has 0 aliphatic rings. The van der Waals surface area contributed by atoms with E-state index in [1.807, 2.05) is 0 Å². The SMILES string of the molecule is O=C(NCCOC(=O)c1c(Cl)cccc1Cl)c1cccnc1Cl. The first-order chi connectivity index (χ1) is 11.0. The maximum Gasteiger partial charge on any atom is 0.341 e. The lowest BCUT2D eigenvalue weighted by molar-refractivity contribution is 0.0503. The second-order valence-electron chi connectivity index (χ2n) is 4.33. The Morgan fingerprint density at radius 1 is 1.09 bits per heavy atom. The summed E-state index contributed by atoms with van der Waals surface area (Å²) in [6.07, 6.45) is 1.48. The highest BCUT2D eigenvalue weighted by atomic mass is 35.5. The van der Waals surface area contributed by atoms with Crippen molar-refractivity contribution in [3.8, 4) is 0 Å². The summed E-state index contributed by atoms with van der Waals surface area (Å²) in [5.74, 6) is -1.07. The smallest absolute Gasteiger partial charge is 0.341 e. The number of halogens is 3. The van der Waals surface area contributed by atoms with E-state index in [1.54, 1.807) is 18.2 Å². The predicted octanol–water partition coefficient (Wildman–Crippen LogP) is 3.63. The summed E-state index contributed by atoms with van der Waals surface area (Å²) in [6.45, 7) is 0.0713. The Balaban J connectivity index is 1.85. The van der Waals surface area contributed by atoms with Crippen LogP contribution in [0.5, 0.6) is 0 Å². The lowest BCUT2D eigenvalue weighted by Gasteiger charge is -2.09. The van der Waals surface area contributed by atoms with Crippen molar-refractivity contribution in [2.45, 2.75) is 0 Å². The highest BCUT2D eigenvalue weighted by Crippen LogP contribution is 2.24. The molecule has 8 heteroatoms. The van der Waals surface area contributed by atoms with Gasteiger partial charge < -0.3 is 10.1 Å². The standard InChI is InChI=1S/C15H11Cl3N2O3/c16-10-4-1-5-11(17)12(10)15(22)23-8-7-20-14(21)9-3-2-6-19-13(9)18/h1-6H,7-8H2,(H,20,21). The molecule has 0 radical (unpaired) electrons. The van der Waals surface area contributed by atoms with Gasteiger partial charge in [0.05, 0.1) is 27.7 Å². The second kappa shape index (κ2) is 8.15. The molecule has 5 nitrogen and oxygen atoms in total. The Morgan fingerprint density at radius 2 is 1.78 bits per heavy atom. The van der Waals surface area contributed by atoms with E-state index in [4.69, 9.17) is 39.5 Å². The molecule has 0 saturated carbocycles. The van der Waals surface area contributed by atoms with Gasteiger partial charge in [-0.15, -0.1) is 0 Å². The van der Waals surface area contributed by atoms with Crippen LogP contribution in [0, 0.1) is 0 Å². The van der Waals surface area contributed by atoms with E-state index >= 15 is 0 Å². The first kappa shape index (κ1) is 17.5. The van der Waals surface area contributed by atoms with Crippen LogP contribution in [0.2, 0.25) is 15.2 Å². The molecule has 0 atom stereocenters. The maximum atomic E-state index is 11.9. The van der Waals surface area contributed by atoms with E-state index in [0.717, 1.165) is 0 Å². The number of hydrogen-bond acceptors (Lipinski definition) is 4. The number of hydrogen-bond donors (Lipinski definition) is 1. The molecule has 1 N–H and O–H groups in total. The van der Waals surface area contributed by atoms with Gasteiger partial charge in [0.2, 0.25) is 0 Å². The fourth-order valence-corrected chi connectivity index (χ4v) is 2.48. The van der Waals surface area contributed by atoms with E-state index in [1.165, 1.54) is 18.3 Å². The molecule has 0 spiro atoms. The number of ether oxygens (including phenoxy) is 1. The minimum absolute atomic E-state index is 0.0377. The Morgan fingerprint density at radius 3 is 2.43 bits per heavy atom. The highest BCUT2D eigenvalue weighted by Gasteiger charge is 2.16. The number of aromatic nitrogens is 1. The number of pyridine rings is 1. The number of nitrogens with zero attached hydrogens (tertiary/aromatic N) is 1. The molecule has 0 aliphatic heterocycles. The summed E-state index contributed by atoms with van der Waals surface area (Å²) >= 11 is 17.6. The van der Waals surface area contributed by atoms with Gasteiger partial charge in [0.1, 0.15) is 11.8 Å². The number of esters is 1. The van der Waals surface area contributed by atoms with Crippen LogP contribution in [0.15, 0.2) is 36.5 Å². The van der Waals surface area contributed by atoms with Crippen molar-refractivity contribution in [2.24, 2.45) is 0 Å². The molecule has 2 rings (SSSR count). The third-order valence-corrected chi connectivity index (χ3v) is 3.72. The highest BCUT2D eigenvalue weighted by molar-refractivity contribution is 6.39. The number of carbonyl (C=O) groups is 2. The molecule has 1 heterocycles. The summed E-state index contributed by atoms with van der Waals surface area (Å²) < 4.78 is 5.04. The summed E-state index contributed by atoms with van der Waals surface area (Å²) in [6, 6.07) is 7.84. The molecule has 0 bridgehead atoms. The van der Waals surface area contributed by atoms with Gasteiger partial charge in [0.15, 0.2) is 0 Å². The van der Waals surface area contributed by atoms with Gasteiger partial charge >= 0.3 is 5.97 Å². The molecule has 0 fully saturated rings. The minimum atomic E-state index is -0.658. The monoisotopic (exact) mass is 372 g/mol. The lowest BCUT2D eigenvalue weighted by Crippen LogP contribution is -2.28. The number of amides is 1. The van der Waals surface area contributed by atoms with Crippen molar-refractivity contribution in [1.29, 1.82) is 0 Å². The molecule has 0 unspecified atom stereocenters. The van der Waals surface area contributed by atoms with Crippen molar-refractivity contribution >= 4 is 46.7 Å². The van der Waals surface area contributed by atoms with Crippen LogP contribution in [0.4, 0.5) is 0 Å². The topological polar surface area (TPSA) is 68.3 Å². The van der Waals surface area contributed by atoms with Gasteiger partial charge in [0.25, 0.3) is 5.91 Å². The molecular formula is C15H11Cl3N2O3. The number of rotatable bonds is 5. The summed E-state index contributed by atoms with van der Waals surface area (Å²) in [5, 5.41) is 3.08. The van der Waals surface area contributed by atoms with E-state index in [-0.39, 0.29) is 39.5 Å². The average molecular weight is 374 g/mol. The van der Waals surface area contributed by atoms with Crippen molar-refractivity contribution < 1.29 is 14.3 Å². The van der Waals surface area contributed by atoms with E-state index < -0.39 is 11.9 Å². The molecular weight excluding hydrogens is 363 g/mol. The Labute approximate surface area is 147 Å². The van der Waals surface area contributed by atoms with Crippen LogP contribution in [-0.2, 0) is 4.74 Å². The van der Waals surface area contributed by atoms with Crippen LogP contribution >= 0.6 is 34.8 Å². The van der Waals surface area contributed by atoms with E-state index in [0.29, 0.717) is 0 Å². The number of benzene rings is 1. The van der Waals surface area contributed by atoms with Crippen molar-refractivity contribution in [1.82, 2.24) is 10.3 Å². The Bertz CT molecular complexity index is 717. The molecule has 120 valence electrons. The van der Waals surface area contributed by atoms with Gasteiger partial charge in [-0.2, -0.15) is 0 Å². The number of carbonyl (C=O) groups excluding carboxylic acids is 2. The van der Waals surface area contributed by atoms with Gasteiger partial charge in [-0.1, -0.05) is 40.9 Å². The van der Waals surface area contributed by atoms with Gasteiger partial charge in [0, 0.05) is 6.20 Å². The summed E-state index contributed by atoms with van der Waals surface area (Å²) in [4.78, 5) is 27.6. The quantitative estimate of drug-likeness (QED) is 0.494. The maximum absolute atomic E-state index is 11.9. The van der Waals surface area contributed by atoms with Gasteiger partial charge in [-0.25, -0.2) is 9.78 Å². The third-order valence-electron chi connectivity index (χ3n) is 2.79. The predicted molar refractivity (Wildman–Crippen MR) is 88.3 cm³/mol. The zero-order valence-corrected chi connectivity index (χ0v) is 14.0. The molecule has 1 amide bonds. The molecule has 0 aliphatic carbocycles.